The standard InChI is InChI=1S/C13H12ClN5/c1-9-2-5-16-13-12(9)18-11(6-14)19(13)7-10-3-4-15-8-17-10/h2-5,8H,6-7H2,1H3. The van der Waals surface area contributed by atoms with Crippen LogP contribution in [0, 0.1) is 6.92 Å². The van der Waals surface area contributed by atoms with Crippen molar-refractivity contribution in [1.29, 1.82) is 0 Å². The second kappa shape index (κ2) is 4.93. The van der Waals surface area contributed by atoms with Gasteiger partial charge in [-0.1, -0.05) is 0 Å². The molecule has 6 heteroatoms. The zero-order valence-electron chi connectivity index (χ0n) is 10.4. The summed E-state index contributed by atoms with van der Waals surface area (Å²) >= 11 is 5.98. The number of aromatic nitrogens is 5. The van der Waals surface area contributed by atoms with E-state index in [-0.39, 0.29) is 0 Å². The summed E-state index contributed by atoms with van der Waals surface area (Å²) in [5.74, 6) is 1.15. The molecule has 0 N–H and O–H groups in total. The van der Waals surface area contributed by atoms with E-state index in [9.17, 15) is 0 Å². The summed E-state index contributed by atoms with van der Waals surface area (Å²) < 4.78 is 2.00. The first-order valence-corrected chi connectivity index (χ1v) is 6.44. The Bertz CT molecular complexity index is 708. The fourth-order valence-corrected chi connectivity index (χ4v) is 2.23. The predicted molar refractivity (Wildman–Crippen MR) is 73.0 cm³/mol. The normalized spacial score (nSPS) is 11.1. The maximum atomic E-state index is 5.98. The number of aryl methyl sites for hydroxylation is 1. The van der Waals surface area contributed by atoms with E-state index in [1.54, 1.807) is 12.4 Å². The highest BCUT2D eigenvalue weighted by molar-refractivity contribution is 6.16. The van der Waals surface area contributed by atoms with E-state index in [4.69, 9.17) is 11.6 Å². The predicted octanol–water partition coefficient (Wildman–Crippen LogP) is 2.32. The van der Waals surface area contributed by atoms with Gasteiger partial charge in [0.05, 0.1) is 18.1 Å². The Morgan fingerprint density at radius 1 is 1.21 bits per heavy atom. The molecule has 0 amide bonds. The minimum absolute atomic E-state index is 0.348. The smallest absolute Gasteiger partial charge is 0.160 e. The summed E-state index contributed by atoms with van der Waals surface area (Å²) in [6.45, 7) is 2.61. The molecule has 0 saturated carbocycles. The highest BCUT2D eigenvalue weighted by atomic mass is 35.5. The fraction of sp³-hybridized carbons (Fsp3) is 0.231. The van der Waals surface area contributed by atoms with Crippen molar-refractivity contribution in [1.82, 2.24) is 24.5 Å². The number of hydrogen-bond donors (Lipinski definition) is 0. The molecule has 0 aliphatic rings. The Kier molecular flexibility index (Phi) is 3.13. The van der Waals surface area contributed by atoms with E-state index in [2.05, 4.69) is 19.9 Å². The molecular weight excluding hydrogens is 262 g/mol. The Balaban J connectivity index is 2.14. The Morgan fingerprint density at radius 2 is 2.11 bits per heavy atom. The van der Waals surface area contributed by atoms with Crippen LogP contribution in [-0.2, 0) is 12.4 Å². The third-order valence-corrected chi connectivity index (χ3v) is 3.24. The van der Waals surface area contributed by atoms with Gasteiger partial charge in [0.15, 0.2) is 5.65 Å². The number of fused-ring (bicyclic) bond motifs is 1. The van der Waals surface area contributed by atoms with Crippen LogP contribution < -0.4 is 0 Å². The summed E-state index contributed by atoms with van der Waals surface area (Å²) in [6, 6.07) is 3.82. The Morgan fingerprint density at radius 3 is 2.84 bits per heavy atom. The zero-order chi connectivity index (χ0) is 13.2. The van der Waals surface area contributed by atoms with E-state index in [1.807, 2.05) is 23.6 Å². The first kappa shape index (κ1) is 12.0. The number of hydrogen-bond acceptors (Lipinski definition) is 4. The molecule has 5 nitrogen and oxygen atoms in total. The molecule has 0 unspecified atom stereocenters. The van der Waals surface area contributed by atoms with Crippen LogP contribution in [0.2, 0.25) is 0 Å². The summed E-state index contributed by atoms with van der Waals surface area (Å²) in [7, 11) is 0. The average Bonchev–Trinajstić information content (AvgIpc) is 2.80. The molecule has 0 aliphatic heterocycles. The van der Waals surface area contributed by atoms with Crippen molar-refractivity contribution in [3.05, 3.63) is 47.9 Å². The number of imidazole rings is 1. The lowest BCUT2D eigenvalue weighted by molar-refractivity contribution is 0.747. The highest BCUT2D eigenvalue weighted by Gasteiger charge is 2.13. The van der Waals surface area contributed by atoms with Crippen molar-refractivity contribution in [2.24, 2.45) is 0 Å². The molecule has 0 atom stereocenters. The summed E-state index contributed by atoms with van der Waals surface area (Å²) in [4.78, 5) is 17.1. The number of halogens is 1. The molecule has 0 fully saturated rings. The van der Waals surface area contributed by atoms with Crippen molar-refractivity contribution in [2.75, 3.05) is 0 Å². The van der Waals surface area contributed by atoms with Crippen LogP contribution in [0.4, 0.5) is 0 Å². The van der Waals surface area contributed by atoms with E-state index < -0.39 is 0 Å². The van der Waals surface area contributed by atoms with Crippen LogP contribution in [0.5, 0.6) is 0 Å². The number of rotatable bonds is 3. The van der Waals surface area contributed by atoms with Gasteiger partial charge < -0.3 is 4.57 Å². The average molecular weight is 274 g/mol. The molecule has 0 radical (unpaired) electrons. The van der Waals surface area contributed by atoms with Gasteiger partial charge in [-0.2, -0.15) is 0 Å². The van der Waals surface area contributed by atoms with Gasteiger partial charge in [-0.05, 0) is 24.6 Å². The van der Waals surface area contributed by atoms with E-state index in [0.29, 0.717) is 12.4 Å². The van der Waals surface area contributed by atoms with Gasteiger partial charge in [-0.25, -0.2) is 19.9 Å². The summed E-state index contributed by atoms with van der Waals surface area (Å²) in [6.07, 6.45) is 5.04. The molecule has 3 aromatic heterocycles. The van der Waals surface area contributed by atoms with Gasteiger partial charge in [0, 0.05) is 12.4 Å². The quantitative estimate of drug-likeness (QED) is 0.687. The topological polar surface area (TPSA) is 56.5 Å². The second-order valence-corrected chi connectivity index (χ2v) is 4.52. The molecule has 3 heterocycles. The Hall–Kier alpha value is -2.01. The first-order chi connectivity index (χ1) is 9.29. The van der Waals surface area contributed by atoms with E-state index in [0.717, 1.165) is 28.2 Å². The molecule has 0 bridgehead atoms. The SMILES string of the molecule is Cc1ccnc2c1nc(CCl)n2Cc1ccncn1. The first-order valence-electron chi connectivity index (χ1n) is 5.91. The maximum absolute atomic E-state index is 5.98. The lowest BCUT2D eigenvalue weighted by atomic mass is 10.3. The van der Waals surface area contributed by atoms with Crippen LogP contribution >= 0.6 is 11.6 Å². The third-order valence-electron chi connectivity index (χ3n) is 3.00. The molecule has 0 spiro atoms. The van der Waals surface area contributed by atoms with Crippen molar-refractivity contribution in [3.8, 4) is 0 Å². The summed E-state index contributed by atoms with van der Waals surface area (Å²) in [5.41, 5.74) is 3.74. The molecule has 0 aliphatic carbocycles. The fourth-order valence-electron chi connectivity index (χ4n) is 2.03. The van der Waals surface area contributed by atoms with Gasteiger partial charge in [0.2, 0.25) is 0 Å². The van der Waals surface area contributed by atoms with Crippen LogP contribution in [0.1, 0.15) is 17.1 Å². The van der Waals surface area contributed by atoms with Crippen LogP contribution in [-0.4, -0.2) is 24.5 Å². The Labute approximate surface area is 115 Å². The molecule has 19 heavy (non-hydrogen) atoms. The van der Waals surface area contributed by atoms with Crippen molar-refractivity contribution < 1.29 is 0 Å². The largest absolute Gasteiger partial charge is 0.306 e. The van der Waals surface area contributed by atoms with E-state index in [1.165, 1.54) is 6.33 Å². The van der Waals surface area contributed by atoms with Crippen LogP contribution in [0.15, 0.2) is 30.9 Å². The number of nitrogens with zero attached hydrogens (tertiary/aromatic N) is 5. The molecule has 0 saturated heterocycles. The molecule has 96 valence electrons. The highest BCUT2D eigenvalue weighted by Crippen LogP contribution is 2.19. The van der Waals surface area contributed by atoms with Crippen molar-refractivity contribution in [3.63, 3.8) is 0 Å². The van der Waals surface area contributed by atoms with Gasteiger partial charge in [0.1, 0.15) is 17.7 Å². The molecular formula is C13H12ClN5. The van der Waals surface area contributed by atoms with Crippen molar-refractivity contribution in [2.45, 2.75) is 19.3 Å². The van der Waals surface area contributed by atoms with Gasteiger partial charge in [0.25, 0.3) is 0 Å². The second-order valence-electron chi connectivity index (χ2n) is 4.25. The minimum atomic E-state index is 0.348. The molecule has 3 rings (SSSR count). The van der Waals surface area contributed by atoms with Gasteiger partial charge in [-0.3, -0.25) is 0 Å². The maximum Gasteiger partial charge on any atom is 0.160 e. The monoisotopic (exact) mass is 273 g/mol. The lowest BCUT2D eigenvalue weighted by Crippen LogP contribution is -2.06. The zero-order valence-corrected chi connectivity index (χ0v) is 11.2. The third kappa shape index (κ3) is 2.17. The molecule has 3 aromatic rings. The van der Waals surface area contributed by atoms with Crippen LogP contribution in [0.3, 0.4) is 0 Å². The molecule has 0 aromatic carbocycles. The summed E-state index contributed by atoms with van der Waals surface area (Å²) in [5, 5.41) is 0. The van der Waals surface area contributed by atoms with Gasteiger partial charge >= 0.3 is 0 Å². The van der Waals surface area contributed by atoms with E-state index >= 15 is 0 Å². The number of alkyl halides is 1. The number of pyridine rings is 1. The van der Waals surface area contributed by atoms with Crippen molar-refractivity contribution >= 4 is 22.8 Å². The van der Waals surface area contributed by atoms with Gasteiger partial charge in [-0.15, -0.1) is 11.6 Å². The van der Waals surface area contributed by atoms with Crippen LogP contribution in [0.25, 0.3) is 11.2 Å². The minimum Gasteiger partial charge on any atom is -0.306 e. The lowest BCUT2D eigenvalue weighted by Gasteiger charge is -2.06.